The van der Waals surface area contributed by atoms with Crippen LogP contribution < -0.4 is 0 Å². The van der Waals surface area contributed by atoms with Crippen LogP contribution in [0.2, 0.25) is 0 Å². The van der Waals surface area contributed by atoms with Crippen LogP contribution >= 0.6 is 12.6 Å². The molecule has 0 rings (SSSR count). The van der Waals surface area contributed by atoms with Gasteiger partial charge in [0.25, 0.3) is 0 Å². The van der Waals surface area contributed by atoms with E-state index in [-0.39, 0.29) is 5.79 Å². The third-order valence-electron chi connectivity index (χ3n) is 3.94. The molecular weight excluding hydrogens is 280 g/mol. The number of thiol groups is 1. The number of hydrogen-bond donors (Lipinski definition) is 1. The SMILES string of the molecule is CCCCCCCCCC(CCCCS)(OCC)OCC. The molecule has 0 atom stereocenters. The van der Waals surface area contributed by atoms with Crippen molar-refractivity contribution in [3.8, 4) is 0 Å². The molecular formula is C18H38O2S. The molecule has 0 N–H and O–H groups in total. The van der Waals surface area contributed by atoms with Crippen LogP contribution in [0.1, 0.15) is 91.4 Å². The van der Waals surface area contributed by atoms with Gasteiger partial charge in [0.2, 0.25) is 0 Å². The first-order valence-electron chi connectivity index (χ1n) is 9.13. The smallest absolute Gasteiger partial charge is 0.168 e. The molecule has 0 saturated heterocycles. The van der Waals surface area contributed by atoms with E-state index < -0.39 is 0 Å². The molecule has 0 unspecified atom stereocenters. The quantitative estimate of drug-likeness (QED) is 0.214. The van der Waals surface area contributed by atoms with Crippen LogP contribution in [0.15, 0.2) is 0 Å². The molecule has 2 nitrogen and oxygen atoms in total. The number of hydrogen-bond acceptors (Lipinski definition) is 3. The zero-order chi connectivity index (χ0) is 15.8. The normalized spacial score (nSPS) is 12.0. The molecule has 0 aliphatic heterocycles. The highest BCUT2D eigenvalue weighted by Gasteiger charge is 2.29. The minimum Gasteiger partial charge on any atom is -0.350 e. The van der Waals surface area contributed by atoms with E-state index in [1.165, 1.54) is 44.9 Å². The molecule has 0 aromatic heterocycles. The Hall–Kier alpha value is 0.270. The highest BCUT2D eigenvalue weighted by atomic mass is 32.1. The lowest BCUT2D eigenvalue weighted by Gasteiger charge is -2.33. The lowest BCUT2D eigenvalue weighted by molar-refractivity contribution is -0.241. The Labute approximate surface area is 138 Å². The molecule has 0 aromatic carbocycles. The van der Waals surface area contributed by atoms with Gasteiger partial charge in [-0.25, -0.2) is 0 Å². The Morgan fingerprint density at radius 1 is 0.667 bits per heavy atom. The van der Waals surface area contributed by atoms with E-state index in [1.54, 1.807) is 0 Å². The second-order valence-corrected chi connectivity index (χ2v) is 6.28. The average molecular weight is 319 g/mol. The van der Waals surface area contributed by atoms with E-state index in [4.69, 9.17) is 9.47 Å². The summed E-state index contributed by atoms with van der Waals surface area (Å²) < 4.78 is 12.0. The van der Waals surface area contributed by atoms with Gasteiger partial charge >= 0.3 is 0 Å². The summed E-state index contributed by atoms with van der Waals surface area (Å²) >= 11 is 4.30. The fraction of sp³-hybridized carbons (Fsp3) is 1.00. The predicted octanol–water partition coefficient (Wildman–Crippen LogP) is 6.00. The summed E-state index contributed by atoms with van der Waals surface area (Å²) in [5.74, 6) is 0.613. The minimum atomic E-state index is -0.337. The van der Waals surface area contributed by atoms with Gasteiger partial charge in [-0.05, 0) is 38.9 Å². The van der Waals surface area contributed by atoms with Crippen LogP contribution in [0, 0.1) is 0 Å². The van der Waals surface area contributed by atoms with E-state index in [2.05, 4.69) is 33.4 Å². The molecule has 21 heavy (non-hydrogen) atoms. The van der Waals surface area contributed by atoms with Gasteiger partial charge in [-0.3, -0.25) is 0 Å². The predicted molar refractivity (Wildman–Crippen MR) is 96.3 cm³/mol. The molecule has 0 fully saturated rings. The van der Waals surface area contributed by atoms with Gasteiger partial charge in [-0.15, -0.1) is 0 Å². The van der Waals surface area contributed by atoms with Crippen LogP contribution in [0.5, 0.6) is 0 Å². The van der Waals surface area contributed by atoms with Gasteiger partial charge in [0.15, 0.2) is 5.79 Å². The molecule has 0 aromatic rings. The Kier molecular flexibility index (Phi) is 15.4. The second-order valence-electron chi connectivity index (χ2n) is 5.83. The standard InChI is InChI=1S/C18H38O2S/c1-4-7-8-9-10-11-12-15-18(19-5-2,20-6-3)16-13-14-17-21/h21H,4-17H2,1-3H3. The summed E-state index contributed by atoms with van der Waals surface area (Å²) in [5.41, 5.74) is 0. The van der Waals surface area contributed by atoms with Gasteiger partial charge in [0, 0.05) is 26.1 Å². The molecule has 0 heterocycles. The van der Waals surface area contributed by atoms with Crippen LogP contribution in [-0.4, -0.2) is 24.8 Å². The second kappa shape index (κ2) is 15.2. The Morgan fingerprint density at radius 2 is 1.14 bits per heavy atom. The molecule has 0 amide bonds. The number of ether oxygens (including phenoxy) is 2. The van der Waals surface area contributed by atoms with Crippen LogP contribution in [0.25, 0.3) is 0 Å². The number of rotatable bonds is 16. The van der Waals surface area contributed by atoms with Crippen molar-refractivity contribution in [2.45, 2.75) is 97.2 Å². The van der Waals surface area contributed by atoms with Gasteiger partial charge in [0.1, 0.15) is 0 Å². The van der Waals surface area contributed by atoms with Crippen molar-refractivity contribution in [3.63, 3.8) is 0 Å². The van der Waals surface area contributed by atoms with E-state index in [0.29, 0.717) is 0 Å². The van der Waals surface area contributed by atoms with Crippen LogP contribution in [-0.2, 0) is 9.47 Å². The molecule has 128 valence electrons. The highest BCUT2D eigenvalue weighted by Crippen LogP contribution is 2.28. The van der Waals surface area contributed by atoms with Crippen molar-refractivity contribution in [3.05, 3.63) is 0 Å². The van der Waals surface area contributed by atoms with Crippen molar-refractivity contribution in [2.75, 3.05) is 19.0 Å². The van der Waals surface area contributed by atoms with E-state index >= 15 is 0 Å². The lowest BCUT2D eigenvalue weighted by atomic mass is 10.00. The first kappa shape index (κ1) is 21.3. The Balaban J connectivity index is 4.05. The largest absolute Gasteiger partial charge is 0.350 e. The first-order chi connectivity index (χ1) is 10.2. The molecule has 0 aliphatic rings. The minimum absolute atomic E-state index is 0.337. The van der Waals surface area contributed by atoms with Crippen LogP contribution in [0.4, 0.5) is 0 Å². The molecule has 0 spiro atoms. The zero-order valence-electron chi connectivity index (χ0n) is 14.7. The van der Waals surface area contributed by atoms with E-state index in [9.17, 15) is 0 Å². The third kappa shape index (κ3) is 11.5. The van der Waals surface area contributed by atoms with Crippen molar-refractivity contribution < 1.29 is 9.47 Å². The summed E-state index contributed by atoms with van der Waals surface area (Å²) in [6, 6.07) is 0. The molecule has 0 bridgehead atoms. The maximum absolute atomic E-state index is 6.01. The van der Waals surface area contributed by atoms with E-state index in [1.807, 2.05) is 0 Å². The van der Waals surface area contributed by atoms with Gasteiger partial charge in [-0.2, -0.15) is 12.6 Å². The maximum atomic E-state index is 6.01. The first-order valence-corrected chi connectivity index (χ1v) is 9.76. The zero-order valence-corrected chi connectivity index (χ0v) is 15.6. The average Bonchev–Trinajstić information content (AvgIpc) is 2.47. The topological polar surface area (TPSA) is 18.5 Å². The maximum Gasteiger partial charge on any atom is 0.168 e. The molecule has 0 saturated carbocycles. The third-order valence-corrected chi connectivity index (χ3v) is 4.26. The summed E-state index contributed by atoms with van der Waals surface area (Å²) in [4.78, 5) is 0. The highest BCUT2D eigenvalue weighted by molar-refractivity contribution is 7.80. The number of unbranched alkanes of at least 4 members (excludes halogenated alkanes) is 7. The molecule has 0 radical (unpaired) electrons. The van der Waals surface area contributed by atoms with Crippen molar-refractivity contribution in [1.82, 2.24) is 0 Å². The lowest BCUT2D eigenvalue weighted by Crippen LogP contribution is -2.36. The Bertz CT molecular complexity index is 203. The summed E-state index contributed by atoms with van der Waals surface area (Å²) in [5, 5.41) is 0. The van der Waals surface area contributed by atoms with Gasteiger partial charge in [0.05, 0.1) is 0 Å². The summed E-state index contributed by atoms with van der Waals surface area (Å²) in [6.45, 7) is 7.87. The van der Waals surface area contributed by atoms with Gasteiger partial charge in [-0.1, -0.05) is 45.4 Å². The monoisotopic (exact) mass is 318 g/mol. The fourth-order valence-corrected chi connectivity index (χ4v) is 3.06. The Morgan fingerprint density at radius 3 is 1.62 bits per heavy atom. The van der Waals surface area contributed by atoms with E-state index in [0.717, 1.165) is 44.6 Å². The summed E-state index contributed by atoms with van der Waals surface area (Å²) in [7, 11) is 0. The van der Waals surface area contributed by atoms with Crippen molar-refractivity contribution in [2.24, 2.45) is 0 Å². The molecule has 0 aliphatic carbocycles. The molecule has 3 heteroatoms. The van der Waals surface area contributed by atoms with Gasteiger partial charge < -0.3 is 9.47 Å². The summed E-state index contributed by atoms with van der Waals surface area (Å²) in [6.07, 6.45) is 13.7. The fourth-order valence-electron chi connectivity index (χ4n) is 2.84. The van der Waals surface area contributed by atoms with Crippen LogP contribution in [0.3, 0.4) is 0 Å². The van der Waals surface area contributed by atoms with Crippen molar-refractivity contribution in [1.29, 1.82) is 0 Å². The van der Waals surface area contributed by atoms with Crippen molar-refractivity contribution >= 4 is 12.6 Å².